The van der Waals surface area contributed by atoms with Gasteiger partial charge in [-0.3, -0.25) is 0 Å². The highest BCUT2D eigenvalue weighted by molar-refractivity contribution is 6.01. The van der Waals surface area contributed by atoms with Gasteiger partial charge in [-0.2, -0.15) is 5.26 Å². The van der Waals surface area contributed by atoms with Gasteiger partial charge in [0.15, 0.2) is 0 Å². The van der Waals surface area contributed by atoms with Crippen LogP contribution in [0.25, 0.3) is 0 Å². The van der Waals surface area contributed by atoms with Crippen molar-refractivity contribution in [1.82, 2.24) is 0 Å². The molecule has 1 atom stereocenters. The van der Waals surface area contributed by atoms with Gasteiger partial charge in [-0.15, -0.1) is 0 Å². The van der Waals surface area contributed by atoms with Crippen molar-refractivity contribution in [1.29, 1.82) is 5.26 Å². The Morgan fingerprint density at radius 1 is 1.43 bits per heavy atom. The molecule has 70 valence electrons. The minimum Gasteiger partial charge on any atom is -0.399 e. The topological polar surface area (TPSA) is 71.4 Å². The largest absolute Gasteiger partial charge is 0.399 e. The number of anilines is 1. The molecule has 0 fully saturated rings. The zero-order chi connectivity index (χ0) is 9.97. The summed E-state index contributed by atoms with van der Waals surface area (Å²) in [5, 5.41) is 12.4. The molecular formula is C10H9N3O. The monoisotopic (exact) mass is 187 g/mol. The lowest BCUT2D eigenvalue weighted by Crippen LogP contribution is -2.05. The van der Waals surface area contributed by atoms with E-state index < -0.39 is 6.10 Å². The number of oxime groups is 1. The fourth-order valence-corrected chi connectivity index (χ4v) is 1.29. The van der Waals surface area contributed by atoms with Gasteiger partial charge in [0, 0.05) is 12.1 Å². The summed E-state index contributed by atoms with van der Waals surface area (Å²) in [6.07, 6.45) is 0.100. The predicted octanol–water partition coefficient (Wildman–Crippen LogP) is 1.29. The second kappa shape index (κ2) is 3.38. The van der Waals surface area contributed by atoms with Crippen LogP contribution in [0.2, 0.25) is 0 Å². The molecule has 1 aliphatic rings. The lowest BCUT2D eigenvalue weighted by molar-refractivity contribution is 0.125. The van der Waals surface area contributed by atoms with E-state index in [0.29, 0.717) is 12.1 Å². The van der Waals surface area contributed by atoms with Crippen LogP contribution in [-0.4, -0.2) is 11.8 Å². The summed E-state index contributed by atoms with van der Waals surface area (Å²) < 4.78 is 0. The highest BCUT2D eigenvalue weighted by atomic mass is 16.6. The first-order valence-corrected chi connectivity index (χ1v) is 4.28. The van der Waals surface area contributed by atoms with Gasteiger partial charge in [0.05, 0.1) is 5.71 Å². The van der Waals surface area contributed by atoms with Crippen molar-refractivity contribution in [2.45, 2.75) is 12.5 Å². The van der Waals surface area contributed by atoms with Crippen LogP contribution in [0.3, 0.4) is 0 Å². The third kappa shape index (κ3) is 1.52. The second-order valence-electron chi connectivity index (χ2n) is 3.09. The number of nitriles is 1. The van der Waals surface area contributed by atoms with E-state index in [9.17, 15) is 0 Å². The molecule has 0 radical (unpaired) electrons. The van der Waals surface area contributed by atoms with Crippen molar-refractivity contribution in [2.75, 3.05) is 5.73 Å². The third-order valence-electron chi connectivity index (χ3n) is 2.06. The first-order chi connectivity index (χ1) is 6.79. The van der Waals surface area contributed by atoms with Gasteiger partial charge in [-0.1, -0.05) is 17.3 Å². The third-order valence-corrected chi connectivity index (χ3v) is 2.06. The van der Waals surface area contributed by atoms with Gasteiger partial charge in [-0.25, -0.2) is 0 Å². The first-order valence-electron chi connectivity index (χ1n) is 4.28. The van der Waals surface area contributed by atoms with Gasteiger partial charge in [0.2, 0.25) is 6.10 Å². The quantitative estimate of drug-likeness (QED) is 0.673. The molecule has 0 saturated heterocycles. The zero-order valence-electron chi connectivity index (χ0n) is 7.47. The van der Waals surface area contributed by atoms with Gasteiger partial charge in [0.1, 0.15) is 6.07 Å². The van der Waals surface area contributed by atoms with Crippen LogP contribution in [-0.2, 0) is 4.84 Å². The Morgan fingerprint density at radius 3 is 2.71 bits per heavy atom. The Kier molecular flexibility index (Phi) is 2.07. The number of hydrogen-bond donors (Lipinski definition) is 1. The molecule has 0 saturated carbocycles. The number of nitrogens with zero attached hydrogens (tertiary/aromatic N) is 2. The number of benzene rings is 1. The van der Waals surface area contributed by atoms with Crippen LogP contribution < -0.4 is 5.73 Å². The normalized spacial score (nSPS) is 19.6. The van der Waals surface area contributed by atoms with Crippen LogP contribution in [0.4, 0.5) is 5.69 Å². The Hall–Kier alpha value is -2.02. The highest BCUT2D eigenvalue weighted by Crippen LogP contribution is 2.16. The van der Waals surface area contributed by atoms with Crippen molar-refractivity contribution < 1.29 is 4.84 Å². The summed E-state index contributed by atoms with van der Waals surface area (Å²) in [6.45, 7) is 0. The molecule has 4 nitrogen and oxygen atoms in total. The van der Waals surface area contributed by atoms with E-state index in [1.165, 1.54) is 0 Å². The molecular weight excluding hydrogens is 178 g/mol. The summed E-state index contributed by atoms with van der Waals surface area (Å²) in [7, 11) is 0. The molecule has 4 heteroatoms. The van der Waals surface area contributed by atoms with E-state index in [1.807, 2.05) is 18.2 Å². The lowest BCUT2D eigenvalue weighted by Gasteiger charge is -1.98. The van der Waals surface area contributed by atoms with Gasteiger partial charge in [-0.05, 0) is 17.7 Å². The van der Waals surface area contributed by atoms with E-state index in [2.05, 4.69) is 5.16 Å². The van der Waals surface area contributed by atoms with Crippen molar-refractivity contribution in [3.05, 3.63) is 29.8 Å². The van der Waals surface area contributed by atoms with Gasteiger partial charge < -0.3 is 10.6 Å². The Morgan fingerprint density at radius 2 is 2.14 bits per heavy atom. The molecule has 1 heterocycles. The molecule has 0 aromatic heterocycles. The summed E-state index contributed by atoms with van der Waals surface area (Å²) in [5.74, 6) is 0. The fourth-order valence-electron chi connectivity index (χ4n) is 1.29. The fraction of sp³-hybridized carbons (Fsp3) is 0.200. The molecule has 1 aromatic rings. The number of nitrogens with two attached hydrogens (primary N) is 1. The van der Waals surface area contributed by atoms with E-state index in [0.717, 1.165) is 11.3 Å². The summed E-state index contributed by atoms with van der Waals surface area (Å²) >= 11 is 0. The molecule has 1 aliphatic heterocycles. The van der Waals surface area contributed by atoms with Crippen LogP contribution in [0.5, 0.6) is 0 Å². The first kappa shape index (κ1) is 8.57. The Labute approximate surface area is 81.6 Å². The minimum absolute atomic E-state index is 0.442. The van der Waals surface area contributed by atoms with Gasteiger partial charge >= 0.3 is 0 Å². The van der Waals surface area contributed by atoms with E-state index >= 15 is 0 Å². The molecule has 0 aliphatic carbocycles. The molecule has 0 amide bonds. The highest BCUT2D eigenvalue weighted by Gasteiger charge is 2.20. The number of rotatable bonds is 1. The summed E-state index contributed by atoms with van der Waals surface area (Å²) in [5.41, 5.74) is 8.03. The standard InChI is InChI=1S/C10H9N3O/c11-6-9-5-10(13-14-9)7-1-3-8(12)4-2-7/h1-4,9H,5,12H2. The maximum Gasteiger partial charge on any atom is 0.218 e. The zero-order valence-corrected chi connectivity index (χ0v) is 7.47. The van der Waals surface area contributed by atoms with E-state index in [4.69, 9.17) is 15.8 Å². The lowest BCUT2D eigenvalue weighted by atomic mass is 10.1. The van der Waals surface area contributed by atoms with Crippen molar-refractivity contribution in [3.63, 3.8) is 0 Å². The predicted molar refractivity (Wildman–Crippen MR) is 52.5 cm³/mol. The maximum absolute atomic E-state index is 8.61. The van der Waals surface area contributed by atoms with Crippen molar-refractivity contribution in [3.8, 4) is 6.07 Å². The van der Waals surface area contributed by atoms with Crippen LogP contribution in [0.1, 0.15) is 12.0 Å². The average molecular weight is 187 g/mol. The molecule has 14 heavy (non-hydrogen) atoms. The smallest absolute Gasteiger partial charge is 0.218 e. The van der Waals surface area contributed by atoms with Crippen molar-refractivity contribution >= 4 is 11.4 Å². The number of hydrogen-bond acceptors (Lipinski definition) is 4. The summed E-state index contributed by atoms with van der Waals surface area (Å²) in [6, 6.07) is 9.36. The summed E-state index contributed by atoms with van der Waals surface area (Å²) in [4.78, 5) is 4.89. The Balaban J connectivity index is 2.18. The average Bonchev–Trinajstić information content (AvgIpc) is 2.67. The van der Waals surface area contributed by atoms with E-state index in [-0.39, 0.29) is 0 Å². The second-order valence-corrected chi connectivity index (χ2v) is 3.09. The SMILES string of the molecule is N#CC1CC(c2ccc(N)cc2)=NO1. The molecule has 1 unspecified atom stereocenters. The van der Waals surface area contributed by atoms with Crippen LogP contribution >= 0.6 is 0 Å². The number of nitrogen functional groups attached to an aromatic ring is 1. The van der Waals surface area contributed by atoms with Crippen LogP contribution in [0.15, 0.2) is 29.4 Å². The molecule has 2 rings (SSSR count). The maximum atomic E-state index is 8.61. The molecule has 0 bridgehead atoms. The van der Waals surface area contributed by atoms with E-state index in [1.54, 1.807) is 12.1 Å². The van der Waals surface area contributed by atoms with Crippen LogP contribution in [0, 0.1) is 11.3 Å². The molecule has 2 N–H and O–H groups in total. The Bertz CT molecular complexity index is 402. The molecule has 0 spiro atoms. The van der Waals surface area contributed by atoms with Crippen molar-refractivity contribution in [2.24, 2.45) is 5.16 Å². The minimum atomic E-state index is -0.442. The van der Waals surface area contributed by atoms with Gasteiger partial charge in [0.25, 0.3) is 0 Å². The molecule has 1 aromatic carbocycles.